The van der Waals surface area contributed by atoms with E-state index >= 15 is 0 Å². The monoisotopic (exact) mass is 498 g/mol. The molecule has 0 aliphatic rings. The van der Waals surface area contributed by atoms with Crippen LogP contribution in [0.3, 0.4) is 0 Å². The fourth-order valence-electron chi connectivity index (χ4n) is 4.07. The zero-order chi connectivity index (χ0) is 24.2. The van der Waals surface area contributed by atoms with Gasteiger partial charge >= 0.3 is 0 Å². The van der Waals surface area contributed by atoms with E-state index in [9.17, 15) is 19.8 Å². The second-order valence-corrected chi connectivity index (χ2v) is 9.13. The van der Waals surface area contributed by atoms with Gasteiger partial charge in [-0.15, -0.1) is 0 Å². The van der Waals surface area contributed by atoms with Crippen LogP contribution in [0.15, 0.2) is 30.6 Å². The Kier molecular flexibility index (Phi) is 21.0. The lowest BCUT2D eigenvalue weighted by Crippen LogP contribution is -3.00. The molecule has 1 rings (SSSR count). The molecule has 0 fully saturated rings. The van der Waals surface area contributed by atoms with Gasteiger partial charge in [0.15, 0.2) is 18.7 Å². The number of imide groups is 1. The quantitative estimate of drug-likeness (QED) is 0.163. The number of carbonyl (C=O) groups excluding carboxylic acids is 2. The normalized spacial score (nSPS) is 10.8. The third kappa shape index (κ3) is 17.0. The van der Waals surface area contributed by atoms with Crippen LogP contribution in [0, 0.1) is 0 Å². The highest BCUT2D eigenvalue weighted by atomic mass is 35.5. The van der Waals surface area contributed by atoms with E-state index in [2.05, 4.69) is 6.92 Å². The molecule has 0 aliphatic heterocycles. The number of pyridine rings is 1. The summed E-state index contributed by atoms with van der Waals surface area (Å²) in [6.07, 6.45) is 20.8. The van der Waals surface area contributed by atoms with Crippen molar-refractivity contribution in [2.24, 2.45) is 0 Å². The average Bonchev–Trinajstić information content (AvgIpc) is 2.80. The fourth-order valence-corrected chi connectivity index (χ4v) is 4.07. The Morgan fingerprint density at radius 1 is 0.706 bits per heavy atom. The molecule has 0 atom stereocenters. The minimum Gasteiger partial charge on any atom is -1.00 e. The highest BCUT2D eigenvalue weighted by Gasteiger charge is 2.25. The highest BCUT2D eigenvalue weighted by molar-refractivity contribution is 5.94. The van der Waals surface area contributed by atoms with Gasteiger partial charge in [-0.2, -0.15) is 4.57 Å². The van der Waals surface area contributed by atoms with E-state index in [-0.39, 0.29) is 37.8 Å². The summed E-state index contributed by atoms with van der Waals surface area (Å²) in [7, 11) is 0. The number of nitrogens with zero attached hydrogens (tertiary/aromatic N) is 2. The Bertz CT molecular complexity index is 628. The van der Waals surface area contributed by atoms with E-state index in [0.717, 1.165) is 24.2 Å². The maximum absolute atomic E-state index is 12.5. The van der Waals surface area contributed by atoms with Gasteiger partial charge < -0.3 is 22.6 Å². The Morgan fingerprint density at radius 2 is 1.15 bits per heavy atom. The number of rotatable bonds is 20. The van der Waals surface area contributed by atoms with Crippen LogP contribution in [0.25, 0.3) is 0 Å². The van der Waals surface area contributed by atoms with Crippen LogP contribution in [-0.4, -0.2) is 39.8 Å². The first-order chi connectivity index (χ1) is 16.0. The molecular weight excluding hydrogens is 452 g/mol. The molecule has 0 saturated carbocycles. The number of aliphatic hydroxyl groups is 2. The highest BCUT2D eigenvalue weighted by Crippen LogP contribution is 2.14. The lowest BCUT2D eigenvalue weighted by Gasteiger charge is -2.20. The largest absolute Gasteiger partial charge is 1.00 e. The topological polar surface area (TPSA) is 81.7 Å². The Labute approximate surface area is 213 Å². The molecule has 196 valence electrons. The number of hydrogen-bond acceptors (Lipinski definition) is 4. The summed E-state index contributed by atoms with van der Waals surface area (Å²) in [6, 6.07) is 5.45. The molecule has 0 unspecified atom stereocenters. The predicted molar refractivity (Wildman–Crippen MR) is 131 cm³/mol. The second kappa shape index (κ2) is 22.0. The van der Waals surface area contributed by atoms with E-state index in [4.69, 9.17) is 0 Å². The smallest absolute Gasteiger partial charge is 0.295 e. The molecule has 0 aromatic carbocycles. The molecule has 0 bridgehead atoms. The number of amides is 2. The maximum atomic E-state index is 12.5. The van der Waals surface area contributed by atoms with Crippen LogP contribution in [0.5, 0.6) is 0 Å². The Morgan fingerprint density at radius 3 is 1.59 bits per heavy atom. The van der Waals surface area contributed by atoms with Crippen molar-refractivity contribution in [3.63, 3.8) is 0 Å². The minimum absolute atomic E-state index is 0. The first-order valence-electron chi connectivity index (χ1n) is 13.2. The third-order valence-corrected chi connectivity index (χ3v) is 6.04. The number of hydrogen-bond donors (Lipinski definition) is 2. The number of unbranched alkanes of at least 4 members (excludes halogenated alkanes) is 14. The van der Waals surface area contributed by atoms with Crippen molar-refractivity contribution < 1.29 is 36.8 Å². The van der Waals surface area contributed by atoms with E-state index in [0.29, 0.717) is 0 Å². The molecule has 1 aromatic rings. The van der Waals surface area contributed by atoms with Crippen molar-refractivity contribution in [2.45, 2.75) is 122 Å². The van der Waals surface area contributed by atoms with Gasteiger partial charge in [-0.3, -0.25) is 14.5 Å². The van der Waals surface area contributed by atoms with Gasteiger partial charge in [0.05, 0.1) is 6.54 Å². The molecule has 0 saturated heterocycles. The maximum Gasteiger partial charge on any atom is 0.295 e. The van der Waals surface area contributed by atoms with Gasteiger partial charge in [-0.05, 0) is 6.42 Å². The Balaban J connectivity index is 0.0000109. The second-order valence-electron chi connectivity index (χ2n) is 9.13. The van der Waals surface area contributed by atoms with Crippen molar-refractivity contribution in [1.29, 1.82) is 0 Å². The molecule has 0 spiro atoms. The SMILES string of the molecule is CCCCCCCCCCCCCCCCCC(=O)N(CC(O)O)C(=O)C[n+]1ccccc1.[Cl-]. The summed E-state index contributed by atoms with van der Waals surface area (Å²) in [5.74, 6) is -0.760. The number of halogens is 1. The minimum atomic E-state index is -1.72. The molecule has 1 aromatic heterocycles. The van der Waals surface area contributed by atoms with Gasteiger partial charge in [-0.25, -0.2) is 0 Å². The first-order valence-corrected chi connectivity index (χ1v) is 13.2. The van der Waals surface area contributed by atoms with Gasteiger partial charge in [0.2, 0.25) is 12.5 Å². The summed E-state index contributed by atoms with van der Waals surface area (Å²) >= 11 is 0. The van der Waals surface area contributed by atoms with Gasteiger partial charge in [0.1, 0.15) is 0 Å². The van der Waals surface area contributed by atoms with E-state index in [1.165, 1.54) is 77.0 Å². The van der Waals surface area contributed by atoms with E-state index < -0.39 is 12.2 Å². The van der Waals surface area contributed by atoms with Crippen LogP contribution < -0.4 is 17.0 Å². The zero-order valence-corrected chi connectivity index (χ0v) is 21.9. The van der Waals surface area contributed by atoms with E-state index in [1.54, 1.807) is 29.1 Å². The molecule has 1 heterocycles. The molecule has 2 N–H and O–H groups in total. The van der Waals surface area contributed by atoms with Crippen LogP contribution in [0.1, 0.15) is 110 Å². The fraction of sp³-hybridized carbons (Fsp3) is 0.741. The van der Waals surface area contributed by atoms with Crippen LogP contribution >= 0.6 is 0 Å². The van der Waals surface area contributed by atoms with Crippen LogP contribution in [-0.2, 0) is 16.1 Å². The number of aromatic nitrogens is 1. The van der Waals surface area contributed by atoms with Crippen molar-refractivity contribution in [3.8, 4) is 0 Å². The van der Waals surface area contributed by atoms with Crippen molar-refractivity contribution in [1.82, 2.24) is 4.90 Å². The summed E-state index contributed by atoms with van der Waals surface area (Å²) < 4.78 is 1.67. The van der Waals surface area contributed by atoms with Crippen molar-refractivity contribution >= 4 is 11.8 Å². The molecule has 2 amide bonds. The van der Waals surface area contributed by atoms with Crippen LogP contribution in [0.2, 0.25) is 0 Å². The number of aliphatic hydroxyl groups excluding tert-OH is 1. The molecule has 34 heavy (non-hydrogen) atoms. The van der Waals surface area contributed by atoms with Crippen molar-refractivity contribution in [2.75, 3.05) is 6.54 Å². The summed E-state index contributed by atoms with van der Waals surface area (Å²) in [6.45, 7) is 1.87. The average molecular weight is 499 g/mol. The molecule has 0 aliphatic carbocycles. The van der Waals surface area contributed by atoms with Gasteiger partial charge in [-0.1, -0.05) is 103 Å². The Hall–Kier alpha value is -1.50. The third-order valence-electron chi connectivity index (χ3n) is 6.04. The summed E-state index contributed by atoms with van der Waals surface area (Å²) in [5.41, 5.74) is 0. The standard InChI is InChI=1S/C27H47N2O4.ClH/c1-2-3-4-5-6-7-8-9-10-11-12-13-14-15-17-20-25(30)29(24-27(32)33)26(31)23-28-21-18-16-19-22-28;/h16,18-19,21-22,27,32-33H,2-15,17,20,23-24H2,1H3;1H/q+1;/p-1. The number of carbonyl (C=O) groups is 2. The van der Waals surface area contributed by atoms with Gasteiger partial charge in [0.25, 0.3) is 5.91 Å². The lowest BCUT2D eigenvalue weighted by atomic mass is 10.0. The molecule has 0 radical (unpaired) electrons. The zero-order valence-electron chi connectivity index (χ0n) is 21.2. The summed E-state index contributed by atoms with van der Waals surface area (Å²) in [5, 5.41) is 18.6. The molecule has 7 heteroatoms. The van der Waals surface area contributed by atoms with E-state index in [1.807, 2.05) is 6.07 Å². The predicted octanol–water partition coefficient (Wildman–Crippen LogP) is 1.91. The molecule has 6 nitrogen and oxygen atoms in total. The van der Waals surface area contributed by atoms with Gasteiger partial charge in [0, 0.05) is 18.6 Å². The first kappa shape index (κ1) is 32.5. The summed E-state index contributed by atoms with van der Waals surface area (Å²) in [4.78, 5) is 26.0. The lowest BCUT2D eigenvalue weighted by molar-refractivity contribution is -0.685. The molecular formula is C27H47ClN2O4. The van der Waals surface area contributed by atoms with Crippen molar-refractivity contribution in [3.05, 3.63) is 30.6 Å². The van der Waals surface area contributed by atoms with Crippen LogP contribution in [0.4, 0.5) is 0 Å².